The Balaban J connectivity index is 1.60. The highest BCUT2D eigenvalue weighted by atomic mass is 16.3. The zero-order chi connectivity index (χ0) is 14.7. The highest BCUT2D eigenvalue weighted by Gasteiger charge is 2.36. The van der Waals surface area contributed by atoms with Crippen molar-refractivity contribution in [2.24, 2.45) is 5.92 Å². The van der Waals surface area contributed by atoms with Gasteiger partial charge in [-0.2, -0.15) is 0 Å². The number of nitrogens with zero attached hydrogens (tertiary/aromatic N) is 3. The van der Waals surface area contributed by atoms with Crippen LogP contribution in [0.2, 0.25) is 0 Å². The Hall–Kier alpha value is -1.62. The van der Waals surface area contributed by atoms with Crippen molar-refractivity contribution in [2.75, 3.05) is 0 Å². The normalized spacial score (nSPS) is 26.1. The Kier molecular flexibility index (Phi) is 4.10. The van der Waals surface area contributed by atoms with Crippen LogP contribution in [-0.4, -0.2) is 15.0 Å². The molecule has 2 atom stereocenters. The van der Waals surface area contributed by atoms with Crippen molar-refractivity contribution >= 4 is 0 Å². The fourth-order valence-electron chi connectivity index (χ4n) is 3.19. The van der Waals surface area contributed by atoms with Crippen LogP contribution in [0, 0.1) is 5.92 Å². The Labute approximate surface area is 125 Å². The van der Waals surface area contributed by atoms with Gasteiger partial charge in [-0.15, -0.1) is 5.10 Å². The maximum absolute atomic E-state index is 5.30. The van der Waals surface area contributed by atoms with Gasteiger partial charge in [0.2, 0.25) is 0 Å². The molecule has 2 unspecified atom stereocenters. The summed E-state index contributed by atoms with van der Waals surface area (Å²) in [6, 6.07) is 3.87. The summed E-state index contributed by atoms with van der Waals surface area (Å²) in [6.07, 6.45) is 8.88. The second kappa shape index (κ2) is 6.02. The Morgan fingerprint density at radius 3 is 3.10 bits per heavy atom. The zero-order valence-corrected chi connectivity index (χ0v) is 12.9. The van der Waals surface area contributed by atoms with Gasteiger partial charge in [-0.3, -0.25) is 0 Å². The standard InChI is InChI=1S/C16H24N4O/c1-13-6-3-4-8-16(13,2)20-12-14(18-19-20)10-17-11-15-7-5-9-21-15/h5,7,9,12-13,17H,3-4,6,8,10-11H2,1-2H3. The van der Waals surface area contributed by atoms with E-state index < -0.39 is 0 Å². The van der Waals surface area contributed by atoms with Gasteiger partial charge in [0.1, 0.15) is 5.76 Å². The van der Waals surface area contributed by atoms with Gasteiger partial charge in [0.25, 0.3) is 0 Å². The lowest BCUT2D eigenvalue weighted by atomic mass is 9.75. The minimum Gasteiger partial charge on any atom is -0.468 e. The van der Waals surface area contributed by atoms with Crippen LogP contribution in [0.3, 0.4) is 0 Å². The number of rotatable bonds is 5. The molecule has 1 aliphatic carbocycles. The summed E-state index contributed by atoms with van der Waals surface area (Å²) in [7, 11) is 0. The second-order valence-electron chi connectivity index (χ2n) is 6.34. The van der Waals surface area contributed by atoms with Crippen molar-refractivity contribution in [2.45, 2.75) is 58.2 Å². The molecule has 5 nitrogen and oxygen atoms in total. The second-order valence-corrected chi connectivity index (χ2v) is 6.34. The van der Waals surface area contributed by atoms with Gasteiger partial charge in [-0.1, -0.05) is 25.0 Å². The smallest absolute Gasteiger partial charge is 0.117 e. The van der Waals surface area contributed by atoms with E-state index in [4.69, 9.17) is 4.42 Å². The predicted octanol–water partition coefficient (Wildman–Crippen LogP) is 3.09. The minimum atomic E-state index is 0.116. The van der Waals surface area contributed by atoms with Crippen LogP contribution in [0.1, 0.15) is 51.0 Å². The average Bonchev–Trinajstić information content (AvgIpc) is 3.14. The SMILES string of the molecule is CC1CCCCC1(C)n1cc(CNCc2ccco2)nn1. The number of hydrogen-bond acceptors (Lipinski definition) is 4. The van der Waals surface area contributed by atoms with E-state index in [0.717, 1.165) is 11.5 Å². The molecule has 1 fully saturated rings. The quantitative estimate of drug-likeness (QED) is 0.918. The van der Waals surface area contributed by atoms with Gasteiger partial charge in [-0.25, -0.2) is 4.68 Å². The fourth-order valence-corrected chi connectivity index (χ4v) is 3.19. The molecule has 0 saturated heterocycles. The minimum absolute atomic E-state index is 0.116. The molecule has 0 aromatic carbocycles. The summed E-state index contributed by atoms with van der Waals surface area (Å²) in [5, 5.41) is 12.0. The van der Waals surface area contributed by atoms with Gasteiger partial charge in [0, 0.05) is 6.54 Å². The van der Waals surface area contributed by atoms with E-state index in [1.54, 1.807) is 6.26 Å². The molecule has 2 aromatic heterocycles. The Bertz CT molecular complexity index is 563. The van der Waals surface area contributed by atoms with E-state index in [0.29, 0.717) is 19.0 Å². The van der Waals surface area contributed by atoms with E-state index in [9.17, 15) is 0 Å². The molecule has 0 bridgehead atoms. The van der Waals surface area contributed by atoms with Crippen molar-refractivity contribution < 1.29 is 4.42 Å². The highest BCUT2D eigenvalue weighted by molar-refractivity contribution is 5.00. The monoisotopic (exact) mass is 288 g/mol. The molecule has 0 spiro atoms. The Morgan fingerprint density at radius 2 is 2.33 bits per heavy atom. The van der Waals surface area contributed by atoms with Crippen molar-refractivity contribution in [1.29, 1.82) is 0 Å². The third kappa shape index (κ3) is 3.02. The number of aromatic nitrogens is 3. The van der Waals surface area contributed by atoms with E-state index in [2.05, 4.69) is 40.4 Å². The molecule has 114 valence electrons. The third-order valence-corrected chi connectivity index (χ3v) is 4.88. The lowest BCUT2D eigenvalue weighted by Crippen LogP contribution is -2.40. The highest BCUT2D eigenvalue weighted by Crippen LogP contribution is 2.38. The first kappa shape index (κ1) is 14.3. The van der Waals surface area contributed by atoms with E-state index in [-0.39, 0.29) is 5.54 Å². The number of hydrogen-bond donors (Lipinski definition) is 1. The summed E-state index contributed by atoms with van der Waals surface area (Å²) < 4.78 is 7.38. The molecule has 5 heteroatoms. The van der Waals surface area contributed by atoms with Crippen LogP contribution in [0.15, 0.2) is 29.0 Å². The molecule has 1 aliphatic rings. The lowest BCUT2D eigenvalue weighted by molar-refractivity contribution is 0.120. The van der Waals surface area contributed by atoms with Gasteiger partial charge >= 0.3 is 0 Å². The maximum Gasteiger partial charge on any atom is 0.117 e. The molecular formula is C16H24N4O. The van der Waals surface area contributed by atoms with Gasteiger partial charge in [0.15, 0.2) is 0 Å². The molecule has 1 saturated carbocycles. The van der Waals surface area contributed by atoms with Crippen LogP contribution < -0.4 is 5.32 Å². The molecule has 0 amide bonds. The molecule has 3 rings (SSSR count). The summed E-state index contributed by atoms with van der Waals surface area (Å²) in [5.74, 6) is 1.59. The van der Waals surface area contributed by atoms with Crippen LogP contribution in [0.25, 0.3) is 0 Å². The van der Waals surface area contributed by atoms with Crippen molar-refractivity contribution in [3.63, 3.8) is 0 Å². The van der Waals surface area contributed by atoms with Crippen molar-refractivity contribution in [3.8, 4) is 0 Å². The lowest BCUT2D eigenvalue weighted by Gasteiger charge is -2.39. The summed E-state index contributed by atoms with van der Waals surface area (Å²) in [5.41, 5.74) is 1.10. The van der Waals surface area contributed by atoms with E-state index in [1.165, 1.54) is 25.7 Å². The van der Waals surface area contributed by atoms with Crippen LogP contribution >= 0.6 is 0 Å². The molecular weight excluding hydrogens is 264 g/mol. The number of furan rings is 1. The van der Waals surface area contributed by atoms with Crippen LogP contribution in [0.4, 0.5) is 0 Å². The molecule has 0 radical (unpaired) electrons. The maximum atomic E-state index is 5.30. The van der Waals surface area contributed by atoms with Crippen LogP contribution in [-0.2, 0) is 18.6 Å². The van der Waals surface area contributed by atoms with Crippen LogP contribution in [0.5, 0.6) is 0 Å². The average molecular weight is 288 g/mol. The number of nitrogens with one attached hydrogen (secondary N) is 1. The summed E-state index contributed by atoms with van der Waals surface area (Å²) in [6.45, 7) is 6.07. The summed E-state index contributed by atoms with van der Waals surface area (Å²) in [4.78, 5) is 0. The zero-order valence-electron chi connectivity index (χ0n) is 12.9. The van der Waals surface area contributed by atoms with Gasteiger partial charge < -0.3 is 9.73 Å². The fraction of sp³-hybridized carbons (Fsp3) is 0.625. The topological polar surface area (TPSA) is 55.9 Å². The molecule has 1 N–H and O–H groups in total. The molecule has 2 aromatic rings. The largest absolute Gasteiger partial charge is 0.468 e. The Morgan fingerprint density at radius 1 is 1.43 bits per heavy atom. The predicted molar refractivity (Wildman–Crippen MR) is 80.6 cm³/mol. The van der Waals surface area contributed by atoms with Gasteiger partial charge in [-0.05, 0) is 37.8 Å². The molecule has 2 heterocycles. The molecule has 0 aliphatic heterocycles. The van der Waals surface area contributed by atoms with E-state index >= 15 is 0 Å². The molecule has 21 heavy (non-hydrogen) atoms. The first-order valence-electron chi connectivity index (χ1n) is 7.83. The first-order valence-corrected chi connectivity index (χ1v) is 7.83. The van der Waals surface area contributed by atoms with E-state index in [1.807, 2.05) is 12.1 Å². The van der Waals surface area contributed by atoms with Gasteiger partial charge in [0.05, 0.1) is 30.2 Å². The van der Waals surface area contributed by atoms with Crippen molar-refractivity contribution in [3.05, 3.63) is 36.0 Å². The summed E-state index contributed by atoms with van der Waals surface area (Å²) >= 11 is 0. The van der Waals surface area contributed by atoms with Crippen molar-refractivity contribution in [1.82, 2.24) is 20.3 Å². The first-order chi connectivity index (χ1) is 10.2. The third-order valence-electron chi connectivity index (χ3n) is 4.88.